The Morgan fingerprint density at radius 3 is 2.63 bits per heavy atom. The Balaban J connectivity index is 2.00. The molecule has 0 spiro atoms. The lowest BCUT2D eigenvalue weighted by Gasteiger charge is -2.41. The maximum Gasteiger partial charge on any atom is 0.304 e. The second-order valence-electron chi connectivity index (χ2n) is 6.36. The van der Waals surface area contributed by atoms with Gasteiger partial charge in [0.2, 0.25) is 0 Å². The normalized spacial score (nSPS) is 18.0. The zero-order valence-corrected chi connectivity index (χ0v) is 12.0. The molecular weight excluding hydrogens is 238 g/mol. The smallest absolute Gasteiger partial charge is 0.304 e. The van der Waals surface area contributed by atoms with Gasteiger partial charge in [0.05, 0.1) is 6.42 Å². The van der Waals surface area contributed by atoms with Crippen molar-refractivity contribution in [2.75, 3.05) is 13.1 Å². The minimum absolute atomic E-state index is 0.0139. The molecular formula is C16H23NO2. The summed E-state index contributed by atoms with van der Waals surface area (Å²) in [5.41, 5.74) is 2.90. The second-order valence-corrected chi connectivity index (χ2v) is 6.36. The van der Waals surface area contributed by atoms with Gasteiger partial charge >= 0.3 is 5.97 Å². The number of hydrogen-bond donors (Lipinski definition) is 1. The maximum absolute atomic E-state index is 10.8. The number of hydrogen-bond acceptors (Lipinski definition) is 2. The number of benzene rings is 1. The Labute approximate surface area is 115 Å². The average Bonchev–Trinajstić information content (AvgIpc) is 2.27. The fourth-order valence-electron chi connectivity index (χ4n) is 2.72. The van der Waals surface area contributed by atoms with Gasteiger partial charge in [0.25, 0.3) is 0 Å². The van der Waals surface area contributed by atoms with Gasteiger partial charge in [0, 0.05) is 24.5 Å². The number of carboxylic acid groups (broad SMARTS) is 1. The summed E-state index contributed by atoms with van der Waals surface area (Å²) in [5.74, 6) is -0.160. The van der Waals surface area contributed by atoms with Crippen LogP contribution in [0.2, 0.25) is 0 Å². The van der Waals surface area contributed by atoms with Crippen molar-refractivity contribution in [3.8, 4) is 0 Å². The number of nitrogens with zero attached hydrogens (tertiary/aromatic N) is 1. The van der Waals surface area contributed by atoms with Crippen LogP contribution in [-0.2, 0) is 11.2 Å². The van der Waals surface area contributed by atoms with Crippen LogP contribution in [0.3, 0.4) is 0 Å². The van der Waals surface area contributed by atoms with E-state index in [-0.39, 0.29) is 12.0 Å². The highest BCUT2D eigenvalue weighted by molar-refractivity contribution is 5.66. The lowest BCUT2D eigenvalue weighted by molar-refractivity contribution is -0.137. The largest absolute Gasteiger partial charge is 0.481 e. The van der Waals surface area contributed by atoms with E-state index in [2.05, 4.69) is 49.9 Å². The van der Waals surface area contributed by atoms with E-state index in [1.54, 1.807) is 0 Å². The fraction of sp³-hybridized carbons (Fsp3) is 0.562. The molecule has 0 radical (unpaired) electrons. The Kier molecular flexibility index (Phi) is 3.95. The molecule has 0 bridgehead atoms. The third kappa shape index (κ3) is 3.35. The molecule has 1 N–H and O–H groups in total. The van der Waals surface area contributed by atoms with Gasteiger partial charge in [-0.2, -0.15) is 0 Å². The Hall–Kier alpha value is -1.35. The molecule has 1 aromatic carbocycles. The minimum Gasteiger partial charge on any atom is -0.481 e. The van der Waals surface area contributed by atoms with Crippen LogP contribution in [0.25, 0.3) is 0 Å². The summed E-state index contributed by atoms with van der Waals surface area (Å²) in [6.07, 6.45) is 1.33. The van der Waals surface area contributed by atoms with Crippen molar-refractivity contribution in [1.29, 1.82) is 0 Å². The van der Waals surface area contributed by atoms with E-state index in [4.69, 9.17) is 5.11 Å². The van der Waals surface area contributed by atoms with E-state index in [1.165, 1.54) is 11.1 Å². The standard InChI is InChI=1S/C16H23NO2/c1-16(2,3)17(9-8-15(18)19)11-13-10-12-6-4-5-7-14(12)13/h4-7,13H,8-11H2,1-3H3,(H,18,19). The number of carbonyl (C=O) groups is 1. The van der Waals surface area contributed by atoms with Gasteiger partial charge in [-0.25, -0.2) is 0 Å². The summed E-state index contributed by atoms with van der Waals surface area (Å²) < 4.78 is 0. The number of fused-ring (bicyclic) bond motifs is 1. The van der Waals surface area contributed by atoms with E-state index in [1.807, 2.05) is 0 Å². The average molecular weight is 261 g/mol. The lowest BCUT2D eigenvalue weighted by Crippen LogP contribution is -2.46. The van der Waals surface area contributed by atoms with Crippen LogP contribution in [0, 0.1) is 0 Å². The first-order chi connectivity index (χ1) is 8.88. The summed E-state index contributed by atoms with van der Waals surface area (Å²) in [6.45, 7) is 8.03. The molecule has 1 atom stereocenters. The summed E-state index contributed by atoms with van der Waals surface area (Å²) in [5, 5.41) is 8.86. The molecule has 2 rings (SSSR count). The predicted octanol–water partition coefficient (Wildman–Crippen LogP) is 2.90. The molecule has 3 heteroatoms. The first-order valence-electron chi connectivity index (χ1n) is 6.92. The van der Waals surface area contributed by atoms with Crippen molar-refractivity contribution in [1.82, 2.24) is 4.90 Å². The van der Waals surface area contributed by atoms with E-state index < -0.39 is 5.97 Å². The zero-order valence-electron chi connectivity index (χ0n) is 12.0. The van der Waals surface area contributed by atoms with Crippen LogP contribution < -0.4 is 0 Å². The molecule has 1 aliphatic carbocycles. The molecule has 0 saturated heterocycles. The summed E-state index contributed by atoms with van der Waals surface area (Å²) in [7, 11) is 0. The fourth-order valence-corrected chi connectivity index (χ4v) is 2.72. The predicted molar refractivity (Wildman–Crippen MR) is 76.5 cm³/mol. The molecule has 0 amide bonds. The van der Waals surface area contributed by atoms with Crippen molar-refractivity contribution in [3.05, 3.63) is 35.4 Å². The molecule has 1 aliphatic rings. The molecule has 3 nitrogen and oxygen atoms in total. The third-order valence-electron chi connectivity index (χ3n) is 3.95. The van der Waals surface area contributed by atoms with Gasteiger partial charge in [0.15, 0.2) is 0 Å². The molecule has 19 heavy (non-hydrogen) atoms. The Morgan fingerprint density at radius 1 is 1.37 bits per heavy atom. The highest BCUT2D eigenvalue weighted by atomic mass is 16.4. The van der Waals surface area contributed by atoms with Gasteiger partial charge in [0.1, 0.15) is 0 Å². The highest BCUT2D eigenvalue weighted by Crippen LogP contribution is 2.36. The lowest BCUT2D eigenvalue weighted by atomic mass is 9.77. The second kappa shape index (κ2) is 5.33. The first kappa shape index (κ1) is 14.1. The van der Waals surface area contributed by atoms with Crippen LogP contribution in [0.5, 0.6) is 0 Å². The number of aliphatic carboxylic acids is 1. The van der Waals surface area contributed by atoms with Crippen LogP contribution in [-0.4, -0.2) is 34.6 Å². The topological polar surface area (TPSA) is 40.5 Å². The van der Waals surface area contributed by atoms with E-state index >= 15 is 0 Å². The highest BCUT2D eigenvalue weighted by Gasteiger charge is 2.31. The summed E-state index contributed by atoms with van der Waals surface area (Å²) >= 11 is 0. The molecule has 104 valence electrons. The van der Waals surface area contributed by atoms with Gasteiger partial charge in [-0.3, -0.25) is 9.69 Å². The molecule has 0 heterocycles. The van der Waals surface area contributed by atoms with Gasteiger partial charge in [-0.15, -0.1) is 0 Å². The number of rotatable bonds is 5. The zero-order chi connectivity index (χ0) is 14.0. The van der Waals surface area contributed by atoms with E-state index in [9.17, 15) is 4.79 Å². The van der Waals surface area contributed by atoms with Crippen molar-refractivity contribution < 1.29 is 9.90 Å². The molecule has 1 unspecified atom stereocenters. The van der Waals surface area contributed by atoms with Crippen molar-refractivity contribution in [2.24, 2.45) is 0 Å². The summed E-state index contributed by atoms with van der Waals surface area (Å²) in [4.78, 5) is 13.1. The van der Waals surface area contributed by atoms with Gasteiger partial charge < -0.3 is 5.11 Å². The molecule has 0 aromatic heterocycles. The SMILES string of the molecule is CC(C)(C)N(CCC(=O)O)CC1Cc2ccccc21. The monoisotopic (exact) mass is 261 g/mol. The minimum atomic E-state index is -0.719. The molecule has 1 aromatic rings. The Morgan fingerprint density at radius 2 is 2.05 bits per heavy atom. The van der Waals surface area contributed by atoms with Crippen LogP contribution in [0.4, 0.5) is 0 Å². The van der Waals surface area contributed by atoms with E-state index in [0.717, 1.165) is 13.0 Å². The van der Waals surface area contributed by atoms with Crippen LogP contribution >= 0.6 is 0 Å². The molecule has 0 aliphatic heterocycles. The van der Waals surface area contributed by atoms with Gasteiger partial charge in [-0.1, -0.05) is 24.3 Å². The Bertz CT molecular complexity index is 462. The van der Waals surface area contributed by atoms with Gasteiger partial charge in [-0.05, 0) is 38.3 Å². The van der Waals surface area contributed by atoms with Crippen molar-refractivity contribution >= 4 is 5.97 Å². The van der Waals surface area contributed by atoms with Crippen LogP contribution in [0.15, 0.2) is 24.3 Å². The third-order valence-corrected chi connectivity index (χ3v) is 3.95. The maximum atomic E-state index is 10.8. The van der Waals surface area contributed by atoms with Crippen LogP contribution in [0.1, 0.15) is 44.2 Å². The van der Waals surface area contributed by atoms with Crippen molar-refractivity contribution in [3.63, 3.8) is 0 Å². The first-order valence-corrected chi connectivity index (χ1v) is 6.92. The molecule has 0 fully saturated rings. The van der Waals surface area contributed by atoms with E-state index in [0.29, 0.717) is 12.5 Å². The number of carboxylic acids is 1. The summed E-state index contributed by atoms with van der Waals surface area (Å²) in [6, 6.07) is 8.55. The van der Waals surface area contributed by atoms with Crippen molar-refractivity contribution in [2.45, 2.75) is 45.1 Å². The molecule has 0 saturated carbocycles. The quantitative estimate of drug-likeness (QED) is 0.886.